The number of fused-ring (bicyclic) bond motifs is 2. The van der Waals surface area contributed by atoms with E-state index in [0.717, 1.165) is 24.8 Å². The Morgan fingerprint density at radius 2 is 1.70 bits per heavy atom. The predicted octanol–water partition coefficient (Wildman–Crippen LogP) is 4.78. The Morgan fingerprint density at radius 1 is 0.957 bits per heavy atom. The highest BCUT2D eigenvalue weighted by Gasteiger charge is 2.47. The van der Waals surface area contributed by atoms with Gasteiger partial charge in [-0.2, -0.15) is 5.26 Å². The zero-order valence-electron chi connectivity index (χ0n) is 25.2. The Kier molecular flexibility index (Phi) is 8.97. The van der Waals surface area contributed by atoms with Crippen molar-refractivity contribution < 1.29 is 33.1 Å². The Labute approximate surface area is 266 Å². The van der Waals surface area contributed by atoms with Gasteiger partial charge in [0, 0.05) is 30.6 Å². The molecule has 0 aliphatic carbocycles. The van der Waals surface area contributed by atoms with E-state index in [1.54, 1.807) is 21.9 Å². The molecule has 0 radical (unpaired) electrons. The topological polar surface area (TPSA) is 151 Å². The summed E-state index contributed by atoms with van der Waals surface area (Å²) in [6.45, 7) is 0.713. The van der Waals surface area contributed by atoms with E-state index in [9.17, 15) is 38.4 Å². The van der Waals surface area contributed by atoms with E-state index < -0.39 is 31.5 Å². The lowest BCUT2D eigenvalue weighted by Gasteiger charge is -2.36. The number of alkyl halides is 1. The van der Waals surface area contributed by atoms with Crippen LogP contribution in [0, 0.1) is 17.2 Å². The summed E-state index contributed by atoms with van der Waals surface area (Å²) in [7, 11) is -5.01. The van der Waals surface area contributed by atoms with Gasteiger partial charge in [-0.3, -0.25) is 18.9 Å². The number of nitriles is 1. The average Bonchev–Trinajstić information content (AvgIpc) is 3.68. The molecule has 12 heteroatoms. The summed E-state index contributed by atoms with van der Waals surface area (Å²) in [4.78, 5) is 63.4. The second-order valence-corrected chi connectivity index (χ2v) is 14.2. The summed E-state index contributed by atoms with van der Waals surface area (Å²) in [5, 5.41) is 13.8. The maximum Gasteiger partial charge on any atom is 0.363 e. The molecule has 6 rings (SSSR count). The summed E-state index contributed by atoms with van der Waals surface area (Å²) in [5.41, 5.74) is 1.02. The van der Waals surface area contributed by atoms with Crippen molar-refractivity contribution in [1.82, 2.24) is 15.1 Å². The van der Waals surface area contributed by atoms with Crippen LogP contribution >= 0.6 is 7.60 Å². The maximum atomic E-state index is 14.4. The normalized spacial score (nSPS) is 25.8. The van der Waals surface area contributed by atoms with Crippen molar-refractivity contribution in [2.45, 2.75) is 68.5 Å². The molecule has 3 aliphatic rings. The van der Waals surface area contributed by atoms with E-state index in [-0.39, 0.29) is 40.8 Å². The minimum absolute atomic E-state index is 0.104. The van der Waals surface area contributed by atoms with Crippen LogP contribution in [-0.4, -0.2) is 68.5 Å². The molecule has 0 saturated carbocycles. The Balaban J connectivity index is 1.19. The number of nitrogens with one attached hydrogen (secondary N) is 1. The van der Waals surface area contributed by atoms with Crippen LogP contribution in [0.3, 0.4) is 0 Å². The van der Waals surface area contributed by atoms with Gasteiger partial charge in [0.15, 0.2) is 0 Å². The van der Waals surface area contributed by atoms with Crippen molar-refractivity contribution in [1.29, 1.82) is 5.26 Å². The zero-order chi connectivity index (χ0) is 32.6. The lowest BCUT2D eigenvalue weighted by Crippen LogP contribution is -2.56. The average molecular weight is 647 g/mol. The van der Waals surface area contributed by atoms with E-state index in [0.29, 0.717) is 43.1 Å². The number of rotatable bonds is 6. The van der Waals surface area contributed by atoms with Crippen molar-refractivity contribution in [3.8, 4) is 6.07 Å². The highest BCUT2D eigenvalue weighted by molar-refractivity contribution is 7.51. The van der Waals surface area contributed by atoms with Crippen molar-refractivity contribution in [3.05, 3.63) is 83.4 Å². The zero-order valence-corrected chi connectivity index (χ0v) is 26.1. The molecular weight excluding hydrogens is 610 g/mol. The van der Waals surface area contributed by atoms with Crippen LogP contribution < -0.4 is 5.32 Å². The van der Waals surface area contributed by atoms with E-state index in [4.69, 9.17) is 0 Å². The number of benzene rings is 3. The number of carbonyl (C=O) groups excluding carboxylic acids is 3. The molecule has 0 bridgehead atoms. The molecule has 3 heterocycles. The van der Waals surface area contributed by atoms with Gasteiger partial charge >= 0.3 is 7.60 Å². The highest BCUT2D eigenvalue weighted by Crippen LogP contribution is 2.53. The molecule has 6 atom stereocenters. The number of halogens is 1. The van der Waals surface area contributed by atoms with Crippen LogP contribution in [0.1, 0.15) is 71.8 Å². The molecule has 0 aromatic heterocycles. The van der Waals surface area contributed by atoms with Crippen LogP contribution in [0.4, 0.5) is 4.39 Å². The third-order valence-electron chi connectivity index (χ3n) is 9.65. The number of nitrogens with zero attached hydrogens (tertiary/aromatic N) is 3. The standard InChI is InChI=1S/C34H36FN4O6P/c35-31(46(43,44)45)23-12-10-21-11-13-24(17-25(21)16-23)32(40)37-29-9-5-4-8-27-14-15-30(39(27)33(29)41)34(42)38-19-26(18-36)28(20-38)22-6-2-1-3-7-22/h1-3,6-7,10-13,16-17,26-31H,4-5,8-9,14-15,19-20H2,(H,37,40)(H2,43,44,45)/t26-,27+,28+,29?,30+,31?/m1/s1. The minimum atomic E-state index is -5.01. The minimum Gasteiger partial charge on any atom is -0.340 e. The summed E-state index contributed by atoms with van der Waals surface area (Å²) in [6, 6.07) is 19.3. The summed E-state index contributed by atoms with van der Waals surface area (Å²) >= 11 is 0. The largest absolute Gasteiger partial charge is 0.363 e. The van der Waals surface area contributed by atoms with Gasteiger partial charge in [-0.15, -0.1) is 0 Å². The molecule has 46 heavy (non-hydrogen) atoms. The Morgan fingerprint density at radius 3 is 2.43 bits per heavy atom. The first-order valence-electron chi connectivity index (χ1n) is 15.6. The second kappa shape index (κ2) is 13.0. The monoisotopic (exact) mass is 646 g/mol. The van der Waals surface area contributed by atoms with E-state index in [1.807, 2.05) is 30.3 Å². The first-order valence-corrected chi connectivity index (χ1v) is 17.3. The number of likely N-dealkylation sites (tertiary alicyclic amines) is 1. The van der Waals surface area contributed by atoms with Crippen LogP contribution in [0.2, 0.25) is 0 Å². The molecule has 0 spiro atoms. The Hall–Kier alpha value is -4.10. The number of carbonyl (C=O) groups is 3. The first kappa shape index (κ1) is 31.9. The van der Waals surface area contributed by atoms with Gasteiger partial charge in [-0.25, -0.2) is 4.39 Å². The summed E-state index contributed by atoms with van der Waals surface area (Å²) in [5.74, 6) is -3.90. The smallest absolute Gasteiger partial charge is 0.340 e. The van der Waals surface area contributed by atoms with Crippen molar-refractivity contribution in [2.75, 3.05) is 13.1 Å². The molecular formula is C34H36FN4O6P. The SMILES string of the molecule is N#C[C@@H]1CN(C(=O)[C@@H]2CC[C@@H]3CCCCC(NC(=O)c4ccc5ccc(C(F)P(=O)(O)O)cc5c4)C(=O)N32)C[C@H]1c1ccccc1. The molecule has 3 aromatic rings. The number of hydrogen-bond acceptors (Lipinski definition) is 5. The van der Waals surface area contributed by atoms with Gasteiger partial charge in [0.1, 0.15) is 12.1 Å². The fraction of sp³-hybridized carbons (Fsp3) is 0.412. The molecule has 3 aromatic carbocycles. The predicted molar refractivity (Wildman–Crippen MR) is 168 cm³/mol. The van der Waals surface area contributed by atoms with E-state index >= 15 is 0 Å². The lowest BCUT2D eigenvalue weighted by atomic mass is 9.90. The molecule has 3 saturated heterocycles. The fourth-order valence-corrected chi connectivity index (χ4v) is 7.81. The number of amides is 3. The van der Waals surface area contributed by atoms with Gasteiger partial charge < -0.3 is 24.9 Å². The number of hydrogen-bond donors (Lipinski definition) is 3. The highest BCUT2D eigenvalue weighted by atomic mass is 31.2. The summed E-state index contributed by atoms with van der Waals surface area (Å²) in [6.07, 6.45) is 3.99. The summed E-state index contributed by atoms with van der Waals surface area (Å²) < 4.78 is 25.8. The molecule has 3 amide bonds. The molecule has 3 N–H and O–H groups in total. The third kappa shape index (κ3) is 6.30. The van der Waals surface area contributed by atoms with Gasteiger partial charge in [-0.05, 0) is 65.8 Å². The second-order valence-electron chi connectivity index (χ2n) is 12.5. The van der Waals surface area contributed by atoms with Gasteiger partial charge in [0.25, 0.3) is 5.91 Å². The van der Waals surface area contributed by atoms with E-state index in [2.05, 4.69) is 11.4 Å². The van der Waals surface area contributed by atoms with Crippen LogP contribution in [0.25, 0.3) is 10.8 Å². The molecule has 2 unspecified atom stereocenters. The molecule has 10 nitrogen and oxygen atoms in total. The fourth-order valence-electron chi connectivity index (χ4n) is 7.26. The maximum absolute atomic E-state index is 14.4. The van der Waals surface area contributed by atoms with Crippen LogP contribution in [0.5, 0.6) is 0 Å². The molecule has 3 aliphatic heterocycles. The van der Waals surface area contributed by atoms with Crippen LogP contribution in [0.15, 0.2) is 66.7 Å². The first-order chi connectivity index (χ1) is 22.0. The Bertz CT molecular complexity index is 1740. The molecule has 3 fully saturated rings. The lowest BCUT2D eigenvalue weighted by molar-refractivity contribution is -0.146. The van der Waals surface area contributed by atoms with Crippen molar-refractivity contribution in [3.63, 3.8) is 0 Å². The van der Waals surface area contributed by atoms with Gasteiger partial charge in [-0.1, -0.05) is 61.4 Å². The third-order valence-corrected chi connectivity index (χ3v) is 10.5. The van der Waals surface area contributed by atoms with Gasteiger partial charge in [0.2, 0.25) is 17.7 Å². The molecule has 240 valence electrons. The van der Waals surface area contributed by atoms with Crippen molar-refractivity contribution in [2.24, 2.45) is 5.92 Å². The van der Waals surface area contributed by atoms with Crippen LogP contribution in [-0.2, 0) is 14.2 Å². The van der Waals surface area contributed by atoms with Crippen molar-refractivity contribution >= 4 is 36.1 Å². The van der Waals surface area contributed by atoms with E-state index in [1.165, 1.54) is 24.3 Å². The quantitative estimate of drug-likeness (QED) is 0.326. The van der Waals surface area contributed by atoms with Gasteiger partial charge in [0.05, 0.1) is 12.0 Å².